The molecule has 2 aromatic rings. The summed E-state index contributed by atoms with van der Waals surface area (Å²) in [5.74, 6) is -1.06. The van der Waals surface area contributed by atoms with Crippen molar-refractivity contribution in [3.63, 3.8) is 0 Å². The Balaban J connectivity index is 2.50. The number of pyridine rings is 1. The van der Waals surface area contributed by atoms with E-state index in [0.717, 1.165) is 0 Å². The lowest BCUT2D eigenvalue weighted by Gasteiger charge is -2.05. The van der Waals surface area contributed by atoms with Crippen LogP contribution in [-0.4, -0.2) is 16.1 Å². The summed E-state index contributed by atoms with van der Waals surface area (Å²) in [6.07, 6.45) is 1.16. The Morgan fingerprint density at radius 1 is 1.11 bits per heavy atom. The van der Waals surface area contributed by atoms with E-state index in [0.29, 0.717) is 21.2 Å². The number of halogens is 2. The highest BCUT2D eigenvalue weighted by atomic mass is 35.5. The van der Waals surface area contributed by atoms with Gasteiger partial charge in [0.05, 0.1) is 6.42 Å². The number of aromatic nitrogens is 1. The van der Waals surface area contributed by atoms with Gasteiger partial charge in [-0.1, -0.05) is 23.2 Å². The SMILES string of the molecule is O=C(O)Cc1cc(-c2cc(Cl)cc(Cl)c2)c[nH]c1=O. The third-order valence-electron chi connectivity index (χ3n) is 2.52. The zero-order chi connectivity index (χ0) is 14.0. The summed E-state index contributed by atoms with van der Waals surface area (Å²) in [4.78, 5) is 24.7. The van der Waals surface area contributed by atoms with Gasteiger partial charge in [-0.2, -0.15) is 0 Å². The molecule has 0 bridgehead atoms. The maximum Gasteiger partial charge on any atom is 0.308 e. The highest BCUT2D eigenvalue weighted by molar-refractivity contribution is 6.35. The number of carbonyl (C=O) groups is 1. The lowest BCUT2D eigenvalue weighted by Crippen LogP contribution is -2.15. The van der Waals surface area contributed by atoms with E-state index in [1.165, 1.54) is 12.3 Å². The molecular weight excluding hydrogens is 289 g/mol. The van der Waals surface area contributed by atoms with E-state index in [-0.39, 0.29) is 12.0 Å². The molecule has 0 aliphatic rings. The Morgan fingerprint density at radius 2 is 1.74 bits per heavy atom. The van der Waals surface area contributed by atoms with Gasteiger partial charge in [0.15, 0.2) is 0 Å². The van der Waals surface area contributed by atoms with E-state index in [2.05, 4.69) is 4.98 Å². The van der Waals surface area contributed by atoms with Crippen molar-refractivity contribution in [2.24, 2.45) is 0 Å². The molecule has 2 N–H and O–H groups in total. The average molecular weight is 298 g/mol. The molecule has 0 aliphatic carbocycles. The number of benzene rings is 1. The van der Waals surface area contributed by atoms with E-state index in [1.54, 1.807) is 18.2 Å². The molecule has 0 saturated heterocycles. The summed E-state index contributed by atoms with van der Waals surface area (Å²) in [5.41, 5.74) is 1.13. The van der Waals surface area contributed by atoms with Crippen LogP contribution in [0.3, 0.4) is 0 Å². The van der Waals surface area contributed by atoms with E-state index < -0.39 is 11.5 Å². The first-order valence-electron chi connectivity index (χ1n) is 5.35. The smallest absolute Gasteiger partial charge is 0.308 e. The van der Waals surface area contributed by atoms with Crippen LogP contribution in [0, 0.1) is 0 Å². The molecule has 0 radical (unpaired) electrons. The maximum absolute atomic E-state index is 11.5. The minimum atomic E-state index is -1.06. The van der Waals surface area contributed by atoms with Gasteiger partial charge in [0.1, 0.15) is 0 Å². The fourth-order valence-electron chi connectivity index (χ4n) is 1.71. The van der Waals surface area contributed by atoms with Crippen molar-refractivity contribution in [1.82, 2.24) is 4.98 Å². The zero-order valence-corrected chi connectivity index (χ0v) is 11.1. The molecule has 0 atom stereocenters. The molecule has 2 rings (SSSR count). The molecule has 98 valence electrons. The number of carboxylic acid groups (broad SMARTS) is 1. The highest BCUT2D eigenvalue weighted by Gasteiger charge is 2.08. The zero-order valence-electron chi connectivity index (χ0n) is 9.61. The number of aliphatic carboxylic acids is 1. The number of H-pyrrole nitrogens is 1. The first kappa shape index (κ1) is 13.6. The topological polar surface area (TPSA) is 70.2 Å². The van der Waals surface area contributed by atoms with Gasteiger partial charge in [0, 0.05) is 21.8 Å². The largest absolute Gasteiger partial charge is 0.481 e. The standard InChI is InChI=1S/C13H9Cl2NO3/c14-10-2-7(3-11(15)5-10)9-1-8(4-12(17)18)13(19)16-6-9/h1-3,5-6H,4H2,(H,16,19)(H,17,18). The predicted molar refractivity (Wildman–Crippen MR) is 73.9 cm³/mol. The number of nitrogens with one attached hydrogen (secondary N) is 1. The molecule has 0 aliphatic heterocycles. The molecule has 0 unspecified atom stereocenters. The molecule has 0 spiro atoms. The van der Waals surface area contributed by atoms with Gasteiger partial charge < -0.3 is 10.1 Å². The van der Waals surface area contributed by atoms with Crippen molar-refractivity contribution in [2.75, 3.05) is 0 Å². The highest BCUT2D eigenvalue weighted by Crippen LogP contribution is 2.26. The Labute approximate surface area is 118 Å². The number of aromatic amines is 1. The number of hydrogen-bond donors (Lipinski definition) is 2. The fourth-order valence-corrected chi connectivity index (χ4v) is 2.24. The van der Waals surface area contributed by atoms with Crippen molar-refractivity contribution in [3.05, 3.63) is 56.4 Å². The summed E-state index contributed by atoms with van der Waals surface area (Å²) in [6.45, 7) is 0. The third-order valence-corrected chi connectivity index (χ3v) is 2.95. The van der Waals surface area contributed by atoms with Gasteiger partial charge >= 0.3 is 5.97 Å². The van der Waals surface area contributed by atoms with Crippen molar-refractivity contribution in [3.8, 4) is 11.1 Å². The van der Waals surface area contributed by atoms with Crippen LogP contribution >= 0.6 is 23.2 Å². The van der Waals surface area contributed by atoms with Crippen molar-refractivity contribution in [1.29, 1.82) is 0 Å². The molecule has 6 heteroatoms. The maximum atomic E-state index is 11.5. The van der Waals surface area contributed by atoms with Crippen LogP contribution in [0.5, 0.6) is 0 Å². The van der Waals surface area contributed by atoms with Crippen LogP contribution in [0.2, 0.25) is 10.0 Å². The van der Waals surface area contributed by atoms with Crippen LogP contribution < -0.4 is 5.56 Å². The quantitative estimate of drug-likeness (QED) is 0.915. The summed E-state index contributed by atoms with van der Waals surface area (Å²) in [5, 5.41) is 9.68. The minimum absolute atomic E-state index is 0.182. The molecular formula is C13H9Cl2NO3. The van der Waals surface area contributed by atoms with E-state index in [4.69, 9.17) is 28.3 Å². The second kappa shape index (κ2) is 5.47. The van der Waals surface area contributed by atoms with Crippen molar-refractivity contribution >= 4 is 29.2 Å². The van der Waals surface area contributed by atoms with Gasteiger partial charge in [-0.3, -0.25) is 9.59 Å². The number of rotatable bonds is 3. The van der Waals surface area contributed by atoms with Gasteiger partial charge in [0.2, 0.25) is 0 Å². The first-order valence-corrected chi connectivity index (χ1v) is 6.11. The van der Waals surface area contributed by atoms with E-state index in [9.17, 15) is 9.59 Å². The summed E-state index contributed by atoms with van der Waals surface area (Å²) < 4.78 is 0. The van der Waals surface area contributed by atoms with Gasteiger partial charge in [-0.25, -0.2) is 0 Å². The molecule has 0 fully saturated rings. The lowest BCUT2D eigenvalue weighted by atomic mass is 10.0. The van der Waals surface area contributed by atoms with Crippen LogP contribution in [0.4, 0.5) is 0 Å². The molecule has 0 amide bonds. The molecule has 19 heavy (non-hydrogen) atoms. The Hall–Kier alpha value is -1.78. The second-order valence-electron chi connectivity index (χ2n) is 3.97. The van der Waals surface area contributed by atoms with E-state index >= 15 is 0 Å². The molecule has 1 aromatic carbocycles. The number of hydrogen-bond acceptors (Lipinski definition) is 2. The molecule has 1 heterocycles. The molecule has 0 saturated carbocycles. The van der Waals surface area contributed by atoms with Crippen molar-refractivity contribution < 1.29 is 9.90 Å². The Morgan fingerprint density at radius 3 is 2.32 bits per heavy atom. The van der Waals surface area contributed by atoms with Crippen LogP contribution in [0.1, 0.15) is 5.56 Å². The number of carboxylic acids is 1. The average Bonchev–Trinajstić information content (AvgIpc) is 2.30. The minimum Gasteiger partial charge on any atom is -0.481 e. The lowest BCUT2D eigenvalue weighted by molar-refractivity contribution is -0.136. The normalized spacial score (nSPS) is 10.4. The van der Waals surface area contributed by atoms with E-state index in [1.807, 2.05) is 0 Å². The van der Waals surface area contributed by atoms with Crippen LogP contribution in [0.15, 0.2) is 35.3 Å². The first-order chi connectivity index (χ1) is 8.95. The van der Waals surface area contributed by atoms with Gasteiger partial charge in [-0.05, 0) is 35.4 Å². The third kappa shape index (κ3) is 3.36. The predicted octanol–water partition coefficient (Wildman–Crippen LogP) is 2.98. The molecule has 4 nitrogen and oxygen atoms in total. The molecule has 1 aromatic heterocycles. The van der Waals surface area contributed by atoms with Crippen LogP contribution in [0.25, 0.3) is 11.1 Å². The summed E-state index contributed by atoms with van der Waals surface area (Å²) in [6, 6.07) is 6.49. The van der Waals surface area contributed by atoms with Crippen molar-refractivity contribution in [2.45, 2.75) is 6.42 Å². The van der Waals surface area contributed by atoms with Gasteiger partial charge in [-0.15, -0.1) is 0 Å². The fraction of sp³-hybridized carbons (Fsp3) is 0.0769. The monoisotopic (exact) mass is 297 g/mol. The van der Waals surface area contributed by atoms with Crippen LogP contribution in [-0.2, 0) is 11.2 Å². The Kier molecular flexibility index (Phi) is 3.93. The Bertz CT molecular complexity index is 674. The van der Waals surface area contributed by atoms with Gasteiger partial charge in [0.25, 0.3) is 5.56 Å². The summed E-state index contributed by atoms with van der Waals surface area (Å²) in [7, 11) is 0. The second-order valence-corrected chi connectivity index (χ2v) is 4.84. The summed E-state index contributed by atoms with van der Waals surface area (Å²) >= 11 is 11.8.